The van der Waals surface area contributed by atoms with Crippen molar-refractivity contribution in [2.24, 2.45) is 5.73 Å². The van der Waals surface area contributed by atoms with Crippen molar-refractivity contribution in [3.63, 3.8) is 0 Å². The monoisotopic (exact) mass is 194 g/mol. The Bertz CT molecular complexity index is 425. The highest BCUT2D eigenvalue weighted by molar-refractivity contribution is 5.77. The molecule has 1 aromatic carbocycles. The summed E-state index contributed by atoms with van der Waals surface area (Å²) in [5, 5.41) is 18.4. The van der Waals surface area contributed by atoms with Gasteiger partial charge in [0.15, 0.2) is 23.0 Å². The van der Waals surface area contributed by atoms with Gasteiger partial charge in [-0.05, 0) is 0 Å². The maximum atomic E-state index is 9.20. The number of aromatic nitrogens is 1. The fraction of sp³-hybridized carbons (Fsp3) is 0.222. The van der Waals surface area contributed by atoms with E-state index < -0.39 is 0 Å². The second-order valence-electron chi connectivity index (χ2n) is 2.95. The lowest BCUT2D eigenvalue weighted by atomic mass is 10.3. The number of nitrogens with zero attached hydrogens (tertiary/aromatic N) is 1. The van der Waals surface area contributed by atoms with Gasteiger partial charge < -0.3 is 20.4 Å². The van der Waals surface area contributed by atoms with Gasteiger partial charge in [-0.25, -0.2) is 4.98 Å². The maximum Gasteiger partial charge on any atom is 0.196 e. The van der Waals surface area contributed by atoms with Crippen molar-refractivity contribution in [2.45, 2.75) is 6.42 Å². The molecule has 1 aromatic heterocycles. The van der Waals surface area contributed by atoms with E-state index >= 15 is 0 Å². The summed E-state index contributed by atoms with van der Waals surface area (Å²) in [7, 11) is 0. The number of phenols is 2. The van der Waals surface area contributed by atoms with Crippen molar-refractivity contribution in [2.75, 3.05) is 6.54 Å². The predicted octanol–water partition coefficient (Wildman–Crippen LogP) is 0.740. The minimum atomic E-state index is -0.215. The van der Waals surface area contributed by atoms with Crippen LogP contribution < -0.4 is 5.73 Å². The zero-order valence-electron chi connectivity index (χ0n) is 7.40. The predicted molar refractivity (Wildman–Crippen MR) is 50.1 cm³/mol. The molecule has 74 valence electrons. The summed E-state index contributed by atoms with van der Waals surface area (Å²) in [6.07, 6.45) is 0.538. The van der Waals surface area contributed by atoms with Crippen molar-refractivity contribution in [1.29, 1.82) is 0 Å². The molecule has 4 N–H and O–H groups in total. The van der Waals surface area contributed by atoms with Crippen LogP contribution in [0.3, 0.4) is 0 Å². The van der Waals surface area contributed by atoms with E-state index in [-0.39, 0.29) is 11.5 Å². The third-order valence-electron chi connectivity index (χ3n) is 1.89. The molecule has 0 aliphatic rings. The zero-order chi connectivity index (χ0) is 10.1. The number of fused-ring (bicyclic) bond motifs is 1. The SMILES string of the molecule is NCCc1nc2cc(O)c(O)cc2o1. The fourth-order valence-corrected chi connectivity index (χ4v) is 1.23. The van der Waals surface area contributed by atoms with Gasteiger partial charge in [0, 0.05) is 25.1 Å². The van der Waals surface area contributed by atoms with Gasteiger partial charge >= 0.3 is 0 Å². The molecular weight excluding hydrogens is 184 g/mol. The quantitative estimate of drug-likeness (QED) is 0.613. The van der Waals surface area contributed by atoms with Gasteiger partial charge in [-0.1, -0.05) is 0 Å². The van der Waals surface area contributed by atoms with Gasteiger partial charge in [0.2, 0.25) is 0 Å². The van der Waals surface area contributed by atoms with Gasteiger partial charge in [0.1, 0.15) is 5.52 Å². The smallest absolute Gasteiger partial charge is 0.196 e. The molecule has 2 aromatic rings. The van der Waals surface area contributed by atoms with E-state index in [1.165, 1.54) is 12.1 Å². The number of hydrogen-bond donors (Lipinski definition) is 3. The Balaban J connectivity index is 2.54. The van der Waals surface area contributed by atoms with Crippen LogP contribution in [-0.2, 0) is 6.42 Å². The number of phenolic OH excluding ortho intramolecular Hbond substituents is 2. The third kappa shape index (κ3) is 1.38. The van der Waals surface area contributed by atoms with Gasteiger partial charge in [-0.2, -0.15) is 0 Å². The summed E-state index contributed by atoms with van der Waals surface area (Å²) in [4.78, 5) is 4.09. The van der Waals surface area contributed by atoms with Crippen LogP contribution in [0, 0.1) is 0 Å². The van der Waals surface area contributed by atoms with Crippen LogP contribution in [0.15, 0.2) is 16.5 Å². The summed E-state index contributed by atoms with van der Waals surface area (Å²) in [6.45, 7) is 0.449. The molecule has 0 amide bonds. The Hall–Kier alpha value is -1.75. The molecule has 1 heterocycles. The first-order valence-electron chi connectivity index (χ1n) is 4.22. The molecule has 0 fully saturated rings. The Kier molecular flexibility index (Phi) is 2.01. The number of oxazole rings is 1. The highest BCUT2D eigenvalue weighted by Crippen LogP contribution is 2.30. The molecule has 0 bridgehead atoms. The molecule has 5 nitrogen and oxygen atoms in total. The summed E-state index contributed by atoms with van der Waals surface area (Å²) in [5.74, 6) is 0.0885. The largest absolute Gasteiger partial charge is 0.504 e. The molecule has 0 aliphatic heterocycles. The summed E-state index contributed by atoms with van der Waals surface area (Å²) in [6, 6.07) is 2.69. The van der Waals surface area contributed by atoms with E-state index in [4.69, 9.17) is 10.2 Å². The van der Waals surface area contributed by atoms with Crippen molar-refractivity contribution >= 4 is 11.1 Å². The third-order valence-corrected chi connectivity index (χ3v) is 1.89. The van der Waals surface area contributed by atoms with E-state index in [0.29, 0.717) is 30.0 Å². The number of nitrogens with two attached hydrogens (primary N) is 1. The molecular formula is C9H10N2O3. The molecule has 0 radical (unpaired) electrons. The molecule has 5 heteroatoms. The van der Waals surface area contributed by atoms with E-state index in [9.17, 15) is 10.2 Å². The lowest BCUT2D eigenvalue weighted by Gasteiger charge is -1.93. The number of hydrogen-bond acceptors (Lipinski definition) is 5. The van der Waals surface area contributed by atoms with Gasteiger partial charge in [0.25, 0.3) is 0 Å². The normalized spacial score (nSPS) is 10.9. The molecule has 0 spiro atoms. The van der Waals surface area contributed by atoms with E-state index in [0.717, 1.165) is 0 Å². The topological polar surface area (TPSA) is 92.5 Å². The van der Waals surface area contributed by atoms with Crippen LogP contribution in [0.25, 0.3) is 11.1 Å². The average molecular weight is 194 g/mol. The van der Waals surface area contributed by atoms with E-state index in [1.807, 2.05) is 0 Å². The Morgan fingerprint density at radius 2 is 2.00 bits per heavy atom. The maximum absolute atomic E-state index is 9.20. The minimum absolute atomic E-state index is 0.204. The molecule has 0 saturated carbocycles. The lowest BCUT2D eigenvalue weighted by molar-refractivity contribution is 0.404. The summed E-state index contributed by atoms with van der Waals surface area (Å²) >= 11 is 0. The Labute approximate surface area is 79.8 Å². The van der Waals surface area contributed by atoms with Crippen LogP contribution in [0.4, 0.5) is 0 Å². The average Bonchev–Trinajstić information content (AvgIpc) is 2.48. The standard InChI is InChI=1S/C9H10N2O3/c10-2-1-9-11-5-3-6(12)7(13)4-8(5)14-9/h3-4,12-13H,1-2,10H2. The van der Waals surface area contributed by atoms with Crippen molar-refractivity contribution in [3.8, 4) is 11.5 Å². The van der Waals surface area contributed by atoms with Crippen LogP contribution >= 0.6 is 0 Å². The van der Waals surface area contributed by atoms with E-state index in [1.54, 1.807) is 0 Å². The molecule has 2 rings (SSSR count). The fourth-order valence-electron chi connectivity index (χ4n) is 1.23. The minimum Gasteiger partial charge on any atom is -0.504 e. The first-order chi connectivity index (χ1) is 6.70. The number of rotatable bonds is 2. The Morgan fingerprint density at radius 1 is 1.29 bits per heavy atom. The first-order valence-corrected chi connectivity index (χ1v) is 4.22. The molecule has 0 aliphatic carbocycles. The summed E-state index contributed by atoms with van der Waals surface area (Å²) < 4.78 is 5.28. The second-order valence-corrected chi connectivity index (χ2v) is 2.95. The zero-order valence-corrected chi connectivity index (χ0v) is 7.40. The first kappa shape index (κ1) is 8.83. The van der Waals surface area contributed by atoms with Crippen LogP contribution in [0.2, 0.25) is 0 Å². The van der Waals surface area contributed by atoms with Crippen LogP contribution in [0.1, 0.15) is 5.89 Å². The van der Waals surface area contributed by atoms with Crippen molar-refractivity contribution < 1.29 is 14.6 Å². The molecule has 0 saturated heterocycles. The molecule has 0 unspecified atom stereocenters. The Morgan fingerprint density at radius 3 is 2.71 bits per heavy atom. The van der Waals surface area contributed by atoms with Crippen LogP contribution in [-0.4, -0.2) is 21.7 Å². The molecule has 14 heavy (non-hydrogen) atoms. The second kappa shape index (κ2) is 3.19. The lowest BCUT2D eigenvalue weighted by Crippen LogP contribution is -2.02. The highest BCUT2D eigenvalue weighted by atomic mass is 16.4. The van der Waals surface area contributed by atoms with Gasteiger partial charge in [-0.3, -0.25) is 0 Å². The van der Waals surface area contributed by atoms with Crippen molar-refractivity contribution in [3.05, 3.63) is 18.0 Å². The van der Waals surface area contributed by atoms with Gasteiger partial charge in [-0.15, -0.1) is 0 Å². The van der Waals surface area contributed by atoms with E-state index in [2.05, 4.69) is 4.98 Å². The number of benzene rings is 1. The summed E-state index contributed by atoms with van der Waals surface area (Å²) in [5.41, 5.74) is 6.31. The van der Waals surface area contributed by atoms with Gasteiger partial charge in [0.05, 0.1) is 0 Å². The van der Waals surface area contributed by atoms with Crippen molar-refractivity contribution in [1.82, 2.24) is 4.98 Å². The number of aromatic hydroxyl groups is 2. The molecule has 0 atom stereocenters. The highest BCUT2D eigenvalue weighted by Gasteiger charge is 2.08. The van der Waals surface area contributed by atoms with Crippen LogP contribution in [0.5, 0.6) is 11.5 Å².